The van der Waals surface area contributed by atoms with Crippen LogP contribution >= 0.6 is 11.3 Å². The number of aryl methyl sites for hydroxylation is 4. The summed E-state index contributed by atoms with van der Waals surface area (Å²) in [6.45, 7) is 3.93. The Morgan fingerprint density at radius 2 is 2.00 bits per heavy atom. The monoisotopic (exact) mass is 314 g/mol. The van der Waals surface area contributed by atoms with Crippen molar-refractivity contribution >= 4 is 21.6 Å². The third-order valence-electron chi connectivity index (χ3n) is 4.37. The first kappa shape index (κ1) is 13.7. The molecule has 0 unspecified atom stereocenters. The summed E-state index contributed by atoms with van der Waals surface area (Å²) in [5, 5.41) is 5.30. The number of hydrogen-bond acceptors (Lipinski definition) is 4. The lowest BCUT2D eigenvalue weighted by Gasteiger charge is -2.11. The fraction of sp³-hybridized carbons (Fsp3) is 0.438. The maximum atomic E-state index is 12.9. The molecule has 4 rings (SSSR count). The molecule has 0 spiro atoms. The van der Waals surface area contributed by atoms with Crippen LogP contribution in [0.4, 0.5) is 0 Å². The van der Waals surface area contributed by atoms with Gasteiger partial charge in [0.2, 0.25) is 5.95 Å². The molecular weight excluding hydrogens is 296 g/mol. The molecule has 3 heterocycles. The van der Waals surface area contributed by atoms with Crippen molar-refractivity contribution in [2.24, 2.45) is 7.05 Å². The summed E-state index contributed by atoms with van der Waals surface area (Å²) < 4.78 is 3.39. The molecule has 1 aliphatic carbocycles. The van der Waals surface area contributed by atoms with Gasteiger partial charge in [-0.05, 0) is 51.2 Å². The number of thiophene rings is 1. The van der Waals surface area contributed by atoms with Crippen LogP contribution in [0.25, 0.3) is 16.2 Å². The highest BCUT2D eigenvalue weighted by Crippen LogP contribution is 2.34. The van der Waals surface area contributed by atoms with Gasteiger partial charge >= 0.3 is 0 Å². The van der Waals surface area contributed by atoms with Crippen LogP contribution in [0.15, 0.2) is 10.9 Å². The molecule has 0 aliphatic heterocycles. The van der Waals surface area contributed by atoms with Crippen molar-refractivity contribution in [2.75, 3.05) is 0 Å². The van der Waals surface area contributed by atoms with Crippen LogP contribution in [0, 0.1) is 13.8 Å². The summed E-state index contributed by atoms with van der Waals surface area (Å²) in [5.41, 5.74) is 3.20. The maximum Gasteiger partial charge on any atom is 0.263 e. The Kier molecular flexibility index (Phi) is 2.97. The predicted octanol–water partition coefficient (Wildman–Crippen LogP) is 2.68. The number of rotatable bonds is 1. The molecule has 0 saturated heterocycles. The summed E-state index contributed by atoms with van der Waals surface area (Å²) in [7, 11) is 1.79. The Hall–Kier alpha value is -1.95. The van der Waals surface area contributed by atoms with Crippen molar-refractivity contribution in [3.8, 4) is 5.95 Å². The minimum atomic E-state index is 0.0481. The zero-order chi connectivity index (χ0) is 15.4. The van der Waals surface area contributed by atoms with E-state index in [0.29, 0.717) is 5.95 Å². The van der Waals surface area contributed by atoms with Gasteiger partial charge in [-0.15, -0.1) is 11.3 Å². The van der Waals surface area contributed by atoms with Crippen LogP contribution < -0.4 is 5.56 Å². The quantitative estimate of drug-likeness (QED) is 0.694. The van der Waals surface area contributed by atoms with Crippen molar-refractivity contribution in [3.05, 3.63) is 38.2 Å². The second-order valence-electron chi connectivity index (χ2n) is 6.01. The molecule has 114 valence electrons. The molecule has 3 aromatic heterocycles. The minimum Gasteiger partial charge on any atom is -0.280 e. The molecule has 0 amide bonds. The van der Waals surface area contributed by atoms with Gasteiger partial charge in [-0.3, -0.25) is 9.36 Å². The van der Waals surface area contributed by atoms with Crippen LogP contribution in [-0.4, -0.2) is 19.3 Å². The Bertz CT molecular complexity index is 947. The maximum absolute atomic E-state index is 12.9. The van der Waals surface area contributed by atoms with E-state index in [1.165, 1.54) is 23.3 Å². The highest BCUT2D eigenvalue weighted by Gasteiger charge is 2.22. The fourth-order valence-corrected chi connectivity index (χ4v) is 4.54. The zero-order valence-corrected chi connectivity index (χ0v) is 13.8. The van der Waals surface area contributed by atoms with Gasteiger partial charge in [-0.2, -0.15) is 5.10 Å². The van der Waals surface area contributed by atoms with Gasteiger partial charge in [-0.25, -0.2) is 9.67 Å². The van der Waals surface area contributed by atoms with Crippen molar-refractivity contribution in [2.45, 2.75) is 39.5 Å². The molecule has 0 atom stereocenters. The van der Waals surface area contributed by atoms with E-state index in [9.17, 15) is 4.79 Å². The Balaban J connectivity index is 2.04. The van der Waals surface area contributed by atoms with Gasteiger partial charge in [0.15, 0.2) is 0 Å². The highest BCUT2D eigenvalue weighted by molar-refractivity contribution is 7.18. The van der Waals surface area contributed by atoms with E-state index in [2.05, 4.69) is 5.10 Å². The minimum absolute atomic E-state index is 0.0481. The van der Waals surface area contributed by atoms with E-state index in [1.807, 2.05) is 19.9 Å². The summed E-state index contributed by atoms with van der Waals surface area (Å²) in [6, 6.07) is 2.00. The SMILES string of the molecule is Cc1cc(C)n(-c2nc3sc4c(c3c(=O)n2C)CCCC4)n1. The average Bonchev–Trinajstić information content (AvgIpc) is 3.02. The molecule has 0 bridgehead atoms. The molecule has 6 heteroatoms. The van der Waals surface area contributed by atoms with Crippen molar-refractivity contribution < 1.29 is 0 Å². The third kappa shape index (κ3) is 1.86. The second kappa shape index (κ2) is 4.78. The predicted molar refractivity (Wildman–Crippen MR) is 88.1 cm³/mol. The number of hydrogen-bond donors (Lipinski definition) is 0. The molecule has 5 nitrogen and oxygen atoms in total. The van der Waals surface area contributed by atoms with Crippen molar-refractivity contribution in [3.63, 3.8) is 0 Å². The van der Waals surface area contributed by atoms with E-state index >= 15 is 0 Å². The lowest BCUT2D eigenvalue weighted by molar-refractivity contribution is 0.690. The van der Waals surface area contributed by atoms with E-state index in [-0.39, 0.29) is 5.56 Å². The number of fused-ring (bicyclic) bond motifs is 3. The Morgan fingerprint density at radius 3 is 2.73 bits per heavy atom. The third-order valence-corrected chi connectivity index (χ3v) is 5.56. The molecule has 0 saturated carbocycles. The largest absolute Gasteiger partial charge is 0.280 e. The zero-order valence-electron chi connectivity index (χ0n) is 13.0. The van der Waals surface area contributed by atoms with Gasteiger partial charge in [0.25, 0.3) is 5.56 Å². The van der Waals surface area contributed by atoms with Crippen LogP contribution in [0.5, 0.6) is 0 Å². The average molecular weight is 314 g/mol. The smallest absolute Gasteiger partial charge is 0.263 e. The van der Waals surface area contributed by atoms with Gasteiger partial charge in [0.1, 0.15) is 4.83 Å². The lowest BCUT2D eigenvalue weighted by atomic mass is 9.97. The summed E-state index contributed by atoms with van der Waals surface area (Å²) in [6.07, 6.45) is 4.46. The molecule has 1 aliphatic rings. The molecule has 22 heavy (non-hydrogen) atoms. The second-order valence-corrected chi connectivity index (χ2v) is 7.09. The van der Waals surface area contributed by atoms with Crippen LogP contribution in [-0.2, 0) is 19.9 Å². The number of nitrogens with zero attached hydrogens (tertiary/aromatic N) is 4. The van der Waals surface area contributed by atoms with Crippen LogP contribution in [0.1, 0.15) is 34.7 Å². The first-order chi connectivity index (χ1) is 10.6. The first-order valence-electron chi connectivity index (χ1n) is 7.61. The molecular formula is C16H18N4OS. The number of aromatic nitrogens is 4. The lowest BCUT2D eigenvalue weighted by Crippen LogP contribution is -2.24. The molecule has 0 radical (unpaired) electrons. The standard InChI is InChI=1S/C16H18N4OS/c1-9-8-10(2)20(18-9)16-17-14-13(15(21)19(16)3)11-6-4-5-7-12(11)22-14/h8H,4-7H2,1-3H3. The molecule has 3 aromatic rings. The Labute approximate surface area is 132 Å². The van der Waals surface area contributed by atoms with E-state index in [0.717, 1.165) is 34.4 Å². The summed E-state index contributed by atoms with van der Waals surface area (Å²) >= 11 is 1.68. The van der Waals surface area contributed by atoms with Gasteiger partial charge in [0, 0.05) is 17.6 Å². The molecule has 0 fully saturated rings. The van der Waals surface area contributed by atoms with Crippen LogP contribution in [0.3, 0.4) is 0 Å². The van der Waals surface area contributed by atoms with Gasteiger partial charge in [0.05, 0.1) is 11.1 Å². The highest BCUT2D eigenvalue weighted by atomic mass is 32.1. The summed E-state index contributed by atoms with van der Waals surface area (Å²) in [4.78, 5) is 19.8. The first-order valence-corrected chi connectivity index (χ1v) is 8.43. The van der Waals surface area contributed by atoms with Crippen molar-refractivity contribution in [1.82, 2.24) is 19.3 Å². The normalized spacial score (nSPS) is 14.5. The van der Waals surface area contributed by atoms with Crippen LogP contribution in [0.2, 0.25) is 0 Å². The Morgan fingerprint density at radius 1 is 1.23 bits per heavy atom. The molecule has 0 N–H and O–H groups in total. The topological polar surface area (TPSA) is 52.7 Å². The van der Waals surface area contributed by atoms with E-state index in [4.69, 9.17) is 4.98 Å². The molecule has 0 aromatic carbocycles. The summed E-state index contributed by atoms with van der Waals surface area (Å²) in [5.74, 6) is 0.599. The van der Waals surface area contributed by atoms with Crippen molar-refractivity contribution in [1.29, 1.82) is 0 Å². The van der Waals surface area contributed by atoms with Gasteiger partial charge in [-0.1, -0.05) is 0 Å². The van der Waals surface area contributed by atoms with E-state index in [1.54, 1.807) is 27.6 Å². The van der Waals surface area contributed by atoms with Gasteiger partial charge < -0.3 is 0 Å². The van der Waals surface area contributed by atoms with E-state index < -0.39 is 0 Å². The fourth-order valence-electron chi connectivity index (χ4n) is 3.30.